The zero-order chi connectivity index (χ0) is 23.5. The van der Waals surface area contributed by atoms with E-state index in [0.717, 1.165) is 11.1 Å². The minimum Gasteiger partial charge on any atom is -0.407 e. The fraction of sp³-hybridized carbons (Fsp3) is 0.107. The van der Waals surface area contributed by atoms with Crippen molar-refractivity contribution in [2.24, 2.45) is 0 Å². The number of hydrogen-bond donors (Lipinski definition) is 0. The Hall–Kier alpha value is -4.32. The topological polar surface area (TPSA) is 56.5 Å². The SMILES string of the molecule is CC(=O)Oc1c(Cc2ccccc2)nc2c(Cc3ccccc3)nc(-c3ccccc3F)cn12. The van der Waals surface area contributed by atoms with Gasteiger partial charge in [-0.25, -0.2) is 14.4 Å². The summed E-state index contributed by atoms with van der Waals surface area (Å²) < 4.78 is 22.0. The van der Waals surface area contributed by atoms with E-state index in [2.05, 4.69) is 0 Å². The zero-order valence-corrected chi connectivity index (χ0v) is 18.6. The van der Waals surface area contributed by atoms with Gasteiger partial charge in [-0.3, -0.25) is 9.20 Å². The van der Waals surface area contributed by atoms with Gasteiger partial charge in [-0.2, -0.15) is 0 Å². The first-order valence-corrected chi connectivity index (χ1v) is 11.0. The second-order valence-corrected chi connectivity index (χ2v) is 8.03. The summed E-state index contributed by atoms with van der Waals surface area (Å²) in [7, 11) is 0. The monoisotopic (exact) mass is 451 g/mol. The van der Waals surface area contributed by atoms with E-state index in [1.54, 1.807) is 28.8 Å². The van der Waals surface area contributed by atoms with Crippen molar-refractivity contribution in [1.29, 1.82) is 0 Å². The molecule has 0 radical (unpaired) electrons. The lowest BCUT2D eigenvalue weighted by Gasteiger charge is -2.10. The van der Waals surface area contributed by atoms with Crippen LogP contribution in [0.15, 0.2) is 91.1 Å². The average Bonchev–Trinajstić information content (AvgIpc) is 3.17. The third kappa shape index (κ3) is 4.43. The van der Waals surface area contributed by atoms with E-state index >= 15 is 0 Å². The normalized spacial score (nSPS) is 11.0. The summed E-state index contributed by atoms with van der Waals surface area (Å²) in [5.41, 5.74) is 4.74. The van der Waals surface area contributed by atoms with E-state index in [9.17, 15) is 9.18 Å². The van der Waals surface area contributed by atoms with Gasteiger partial charge in [0.2, 0.25) is 5.88 Å². The molecule has 3 aromatic carbocycles. The van der Waals surface area contributed by atoms with Crippen LogP contribution >= 0.6 is 0 Å². The van der Waals surface area contributed by atoms with Gasteiger partial charge in [-0.05, 0) is 23.3 Å². The van der Waals surface area contributed by atoms with Gasteiger partial charge in [0.25, 0.3) is 0 Å². The molecule has 2 heterocycles. The van der Waals surface area contributed by atoms with Crippen LogP contribution in [0.5, 0.6) is 5.88 Å². The van der Waals surface area contributed by atoms with Crippen LogP contribution < -0.4 is 4.74 Å². The quantitative estimate of drug-likeness (QED) is 0.314. The Kier molecular flexibility index (Phi) is 5.87. The maximum Gasteiger partial charge on any atom is 0.309 e. The second-order valence-electron chi connectivity index (χ2n) is 8.03. The molecular formula is C28H22FN3O2. The van der Waals surface area contributed by atoms with Crippen molar-refractivity contribution in [2.45, 2.75) is 19.8 Å². The van der Waals surface area contributed by atoms with E-state index in [-0.39, 0.29) is 5.82 Å². The third-order valence-electron chi connectivity index (χ3n) is 5.52. The summed E-state index contributed by atoms with van der Waals surface area (Å²) in [6.45, 7) is 1.36. The maximum atomic E-state index is 14.7. The number of esters is 1. The number of carbonyl (C=O) groups excluding carboxylic acids is 1. The molecule has 34 heavy (non-hydrogen) atoms. The van der Waals surface area contributed by atoms with Crippen molar-refractivity contribution < 1.29 is 13.9 Å². The third-order valence-corrected chi connectivity index (χ3v) is 5.52. The van der Waals surface area contributed by atoms with E-state index in [1.807, 2.05) is 60.7 Å². The van der Waals surface area contributed by atoms with Crippen LogP contribution in [-0.2, 0) is 17.6 Å². The number of ether oxygens (including phenoxy) is 1. The van der Waals surface area contributed by atoms with E-state index < -0.39 is 5.97 Å². The molecule has 2 aromatic heterocycles. The Morgan fingerprint density at radius 1 is 0.824 bits per heavy atom. The Morgan fingerprint density at radius 2 is 1.41 bits per heavy atom. The largest absolute Gasteiger partial charge is 0.407 e. The second kappa shape index (κ2) is 9.27. The van der Waals surface area contributed by atoms with Crippen LogP contribution in [0.3, 0.4) is 0 Å². The van der Waals surface area contributed by atoms with Crippen molar-refractivity contribution in [3.63, 3.8) is 0 Å². The molecule has 0 saturated heterocycles. The number of halogens is 1. The van der Waals surface area contributed by atoms with Crippen molar-refractivity contribution in [3.8, 4) is 17.1 Å². The average molecular weight is 452 g/mol. The lowest BCUT2D eigenvalue weighted by atomic mass is 10.1. The first-order valence-electron chi connectivity index (χ1n) is 11.0. The molecule has 168 valence electrons. The molecule has 0 spiro atoms. The van der Waals surface area contributed by atoms with Crippen LogP contribution in [0.2, 0.25) is 0 Å². The number of rotatable bonds is 6. The lowest BCUT2D eigenvalue weighted by molar-refractivity contribution is -0.132. The number of imidazole rings is 1. The molecule has 0 aliphatic heterocycles. The van der Waals surface area contributed by atoms with Crippen molar-refractivity contribution in [2.75, 3.05) is 0 Å². The fourth-order valence-electron chi connectivity index (χ4n) is 3.99. The highest BCUT2D eigenvalue weighted by atomic mass is 19.1. The minimum atomic E-state index is -0.454. The summed E-state index contributed by atoms with van der Waals surface area (Å²) in [4.78, 5) is 21.7. The first kappa shape index (κ1) is 21.5. The maximum absolute atomic E-state index is 14.7. The molecule has 0 atom stereocenters. The van der Waals surface area contributed by atoms with Crippen LogP contribution in [0.25, 0.3) is 16.9 Å². The van der Waals surface area contributed by atoms with Gasteiger partial charge in [0.1, 0.15) is 11.5 Å². The highest BCUT2D eigenvalue weighted by Gasteiger charge is 2.21. The Morgan fingerprint density at radius 3 is 2.03 bits per heavy atom. The van der Waals surface area contributed by atoms with E-state index in [0.29, 0.717) is 47.0 Å². The van der Waals surface area contributed by atoms with Gasteiger partial charge in [0.15, 0.2) is 5.65 Å². The predicted octanol–water partition coefficient (Wildman–Crippen LogP) is 5.64. The predicted molar refractivity (Wildman–Crippen MR) is 128 cm³/mol. The molecule has 0 N–H and O–H groups in total. The number of nitrogens with zero attached hydrogens (tertiary/aromatic N) is 3. The molecule has 5 nitrogen and oxygen atoms in total. The van der Waals surface area contributed by atoms with Crippen LogP contribution in [0, 0.1) is 5.82 Å². The highest BCUT2D eigenvalue weighted by Crippen LogP contribution is 2.30. The summed E-state index contributed by atoms with van der Waals surface area (Å²) in [6, 6.07) is 26.2. The summed E-state index contributed by atoms with van der Waals surface area (Å²) in [5, 5.41) is 0. The van der Waals surface area contributed by atoms with Crippen LogP contribution in [0.4, 0.5) is 4.39 Å². The van der Waals surface area contributed by atoms with Crippen molar-refractivity contribution in [1.82, 2.24) is 14.4 Å². The zero-order valence-electron chi connectivity index (χ0n) is 18.6. The van der Waals surface area contributed by atoms with Crippen molar-refractivity contribution in [3.05, 3.63) is 119 Å². The molecule has 0 bridgehead atoms. The summed E-state index contributed by atoms with van der Waals surface area (Å²) >= 11 is 0. The standard InChI is InChI=1S/C28H22FN3O2/c1-19(33)34-28-25(17-21-12-6-3-7-13-21)31-27-24(16-20-10-4-2-5-11-20)30-26(18-32(27)28)22-14-8-9-15-23(22)29/h2-15,18H,16-17H2,1H3. The number of fused-ring (bicyclic) bond motifs is 1. The molecule has 0 unspecified atom stereocenters. The van der Waals surface area contributed by atoms with Crippen LogP contribution in [-0.4, -0.2) is 20.3 Å². The Balaban J connectivity index is 1.73. The molecule has 0 saturated carbocycles. The highest BCUT2D eigenvalue weighted by molar-refractivity contribution is 5.71. The minimum absolute atomic E-state index is 0.320. The van der Waals surface area contributed by atoms with Gasteiger partial charge >= 0.3 is 5.97 Å². The molecule has 0 amide bonds. The summed E-state index contributed by atoms with van der Waals surface area (Å²) in [5.74, 6) is -0.510. The summed E-state index contributed by atoms with van der Waals surface area (Å²) in [6.07, 6.45) is 2.65. The molecule has 5 rings (SSSR count). The molecule has 0 fully saturated rings. The van der Waals surface area contributed by atoms with Gasteiger partial charge in [-0.15, -0.1) is 0 Å². The Bertz CT molecular complexity index is 1460. The van der Waals surface area contributed by atoms with Gasteiger partial charge in [-0.1, -0.05) is 72.8 Å². The lowest BCUT2D eigenvalue weighted by Crippen LogP contribution is -2.07. The van der Waals surface area contributed by atoms with E-state index in [4.69, 9.17) is 14.7 Å². The smallest absolute Gasteiger partial charge is 0.309 e. The molecule has 0 aliphatic rings. The van der Waals surface area contributed by atoms with Gasteiger partial charge in [0, 0.05) is 31.5 Å². The van der Waals surface area contributed by atoms with Gasteiger partial charge in [0.05, 0.1) is 11.4 Å². The Labute approximate surface area is 196 Å². The van der Waals surface area contributed by atoms with Crippen molar-refractivity contribution >= 4 is 11.6 Å². The number of carbonyl (C=O) groups is 1. The first-order chi connectivity index (χ1) is 16.6. The fourth-order valence-corrected chi connectivity index (χ4v) is 3.99. The van der Waals surface area contributed by atoms with Crippen LogP contribution in [0.1, 0.15) is 29.4 Å². The molecule has 0 aliphatic carbocycles. The molecule has 6 heteroatoms. The number of hydrogen-bond acceptors (Lipinski definition) is 4. The molecular weight excluding hydrogens is 429 g/mol. The van der Waals surface area contributed by atoms with E-state index in [1.165, 1.54) is 13.0 Å². The molecule has 5 aromatic rings. The number of benzene rings is 3. The van der Waals surface area contributed by atoms with Gasteiger partial charge < -0.3 is 4.74 Å². The number of aromatic nitrogens is 3.